The van der Waals surface area contributed by atoms with Crippen molar-refractivity contribution in [1.29, 1.82) is 0 Å². The minimum Gasteiger partial charge on any atom is -0.397 e. The number of aliphatic hydroxyl groups is 1. The fraction of sp³-hybridized carbons (Fsp3) is 0.681. The quantitative estimate of drug-likeness (QED) is 0.0412. The van der Waals surface area contributed by atoms with Crippen LogP contribution in [0.2, 0.25) is 0 Å². The van der Waals surface area contributed by atoms with Gasteiger partial charge in [0.15, 0.2) is 0 Å². The van der Waals surface area contributed by atoms with Crippen LogP contribution in [0.5, 0.6) is 0 Å². The number of azide groups is 1. The van der Waals surface area contributed by atoms with Crippen LogP contribution in [-0.4, -0.2) is 78.1 Å². The van der Waals surface area contributed by atoms with Gasteiger partial charge in [-0.3, -0.25) is 0 Å². The number of nitrogens with one attached hydrogen (secondary N) is 4. The maximum absolute atomic E-state index is 12.5. The molecule has 3 heterocycles. The van der Waals surface area contributed by atoms with E-state index in [-0.39, 0.29) is 38.1 Å². The zero-order chi connectivity index (χ0) is 52.5. The number of halogens is 9. The normalized spacial score (nSPS) is 21.3. The minimum atomic E-state index is -4.38. The molecule has 3 aliphatic carbocycles. The first-order valence-corrected chi connectivity index (χ1v) is 25.2. The molecule has 0 amide bonds. The zero-order valence-electron chi connectivity index (χ0n) is 40.4. The van der Waals surface area contributed by atoms with Crippen LogP contribution in [-0.2, 0) is 28.6 Å². The molecule has 7 N–H and O–H groups in total. The van der Waals surface area contributed by atoms with Crippen LogP contribution in [0, 0.1) is 17.8 Å². The number of nitrogens with two attached hydrogens (primary N) is 1. The van der Waals surface area contributed by atoms with Crippen LogP contribution < -0.4 is 26.4 Å². The number of hydrogen-bond donors (Lipinski definition) is 6. The largest absolute Gasteiger partial charge is 0.417 e. The third-order valence-electron chi connectivity index (χ3n) is 11.8. The van der Waals surface area contributed by atoms with E-state index < -0.39 is 50.5 Å². The molecule has 6 rings (SSSR count). The number of aromatic nitrogens is 3. The van der Waals surface area contributed by atoms with Crippen molar-refractivity contribution in [3.8, 4) is 0 Å². The van der Waals surface area contributed by atoms with Crippen molar-refractivity contribution < 1.29 is 53.0 Å². The highest BCUT2D eigenvalue weighted by atomic mass is 32.2. The van der Waals surface area contributed by atoms with Crippen molar-refractivity contribution in [1.82, 2.24) is 19.7 Å². The van der Waals surface area contributed by atoms with E-state index in [4.69, 9.17) is 16.4 Å². The molecule has 0 spiro atoms. The van der Waals surface area contributed by atoms with Crippen molar-refractivity contribution in [2.75, 3.05) is 42.2 Å². The molecule has 3 saturated carbocycles. The summed E-state index contributed by atoms with van der Waals surface area (Å²) in [5, 5.41) is 20.2. The molecule has 14 nitrogen and oxygen atoms in total. The lowest BCUT2D eigenvalue weighted by Gasteiger charge is -2.29. The van der Waals surface area contributed by atoms with Crippen LogP contribution in [0.3, 0.4) is 0 Å². The summed E-state index contributed by atoms with van der Waals surface area (Å²) in [6.45, 7) is 10.9. The highest BCUT2D eigenvalue weighted by Crippen LogP contribution is 2.33. The van der Waals surface area contributed by atoms with E-state index in [9.17, 15) is 47.9 Å². The molecule has 0 aromatic carbocycles. The van der Waals surface area contributed by atoms with Gasteiger partial charge in [-0.2, -0.15) is 39.5 Å². The van der Waals surface area contributed by atoms with Gasteiger partial charge in [0, 0.05) is 61.3 Å². The van der Waals surface area contributed by atoms with Crippen LogP contribution in [0.1, 0.15) is 136 Å². The lowest BCUT2D eigenvalue weighted by atomic mass is 9.86. The molecule has 3 aromatic rings. The average molecular weight is 1040 g/mol. The van der Waals surface area contributed by atoms with Crippen LogP contribution in [0.4, 0.5) is 57.0 Å². The Morgan fingerprint density at radius 1 is 0.648 bits per heavy atom. The molecule has 3 aliphatic rings. The van der Waals surface area contributed by atoms with Crippen LogP contribution in [0.15, 0.2) is 60.1 Å². The smallest absolute Gasteiger partial charge is 0.397 e. The summed E-state index contributed by atoms with van der Waals surface area (Å²) in [4.78, 5) is 14.2. The summed E-state index contributed by atoms with van der Waals surface area (Å²) in [5.74, 6) is 2.66. The number of alkyl halides is 9. The fourth-order valence-corrected chi connectivity index (χ4v) is 8.46. The Bertz CT molecular complexity index is 2030. The predicted molar refractivity (Wildman–Crippen MR) is 262 cm³/mol. The third kappa shape index (κ3) is 24.6. The van der Waals surface area contributed by atoms with E-state index in [2.05, 4.69) is 45.7 Å². The molecular formula is C47H74F9N11O3S. The van der Waals surface area contributed by atoms with E-state index in [1.807, 2.05) is 13.8 Å². The molecule has 0 saturated heterocycles. The molecule has 0 radical (unpaired) electrons. The van der Waals surface area contributed by atoms with Gasteiger partial charge in [0.05, 0.1) is 21.9 Å². The molecule has 0 atom stereocenters. The zero-order valence-corrected chi connectivity index (χ0v) is 41.2. The van der Waals surface area contributed by atoms with Crippen molar-refractivity contribution in [2.24, 2.45) is 28.6 Å². The first kappa shape index (κ1) is 64.4. The van der Waals surface area contributed by atoms with Gasteiger partial charge in [-0.15, -0.1) is 0 Å². The highest BCUT2D eigenvalue weighted by molar-refractivity contribution is 7.90. The Hall–Kier alpha value is -4.64. The molecule has 3 aromatic heterocycles. The second kappa shape index (κ2) is 31.7. The molecule has 404 valence electrons. The monoisotopic (exact) mass is 1040 g/mol. The van der Waals surface area contributed by atoms with Gasteiger partial charge in [-0.25, -0.2) is 28.1 Å². The second-order valence-corrected chi connectivity index (χ2v) is 19.6. The van der Waals surface area contributed by atoms with Gasteiger partial charge in [-0.1, -0.05) is 26.4 Å². The molecule has 0 unspecified atom stereocenters. The number of nitrogens with zero attached hydrogens (tertiary/aromatic N) is 6. The summed E-state index contributed by atoms with van der Waals surface area (Å²) in [6, 6.07) is 7.81. The van der Waals surface area contributed by atoms with Gasteiger partial charge >= 0.3 is 18.5 Å². The van der Waals surface area contributed by atoms with Gasteiger partial charge in [-0.05, 0) is 164 Å². The molecule has 3 fully saturated rings. The standard InChI is InChI=1S/C16H24F3N3O2S.C13H16F3N5.C13H18F3N3.C2H6O.C2H6.CH4/c1-11(2)25(23,24)21-9-12-3-6-14(7-4-12)22-15-8-5-13(10-20-15)16(17,18)19;14-13(15,16)10-3-6-12(18-8-10)20-11-4-1-9(2-5-11)7-19-21-17;14-13(15,16)10-3-6-12(18-8-10)19-11-4-1-9(7-17)2-5-11;1-2-3;1-2;/h5,8,10-12,14,21H,3-4,6-7,9H2,1-2H3,(H,20,22);3,6,8-9,11H,1-2,4-5,7H2,(H,18,20);3,6,8-9,11H,1-2,4-5,7,17H2,(H,18,19);3H,2H2,1H3;1-2H3;1H4. The second-order valence-electron chi connectivity index (χ2n) is 17.3. The fourth-order valence-electron chi connectivity index (χ4n) is 7.66. The van der Waals surface area contributed by atoms with E-state index >= 15 is 0 Å². The van der Waals surface area contributed by atoms with Gasteiger partial charge < -0.3 is 26.8 Å². The summed E-state index contributed by atoms with van der Waals surface area (Å²) >= 11 is 0. The van der Waals surface area contributed by atoms with E-state index in [1.54, 1.807) is 20.8 Å². The number of pyridine rings is 3. The molecule has 24 heteroatoms. The van der Waals surface area contributed by atoms with E-state index in [1.165, 1.54) is 18.2 Å². The Morgan fingerprint density at radius 2 is 0.958 bits per heavy atom. The van der Waals surface area contributed by atoms with Crippen LogP contribution in [0.25, 0.3) is 10.4 Å². The maximum Gasteiger partial charge on any atom is 0.417 e. The Labute approximate surface area is 413 Å². The van der Waals surface area contributed by atoms with Crippen molar-refractivity contribution >= 4 is 27.5 Å². The van der Waals surface area contributed by atoms with Crippen LogP contribution >= 0.6 is 0 Å². The van der Waals surface area contributed by atoms with E-state index in [0.29, 0.717) is 48.9 Å². The lowest BCUT2D eigenvalue weighted by Crippen LogP contribution is -2.37. The Morgan fingerprint density at radius 3 is 1.21 bits per heavy atom. The number of rotatable bonds is 13. The number of hydrogen-bond acceptors (Lipinski definition) is 11. The van der Waals surface area contributed by atoms with E-state index in [0.717, 1.165) is 114 Å². The number of sulfonamides is 1. The summed E-state index contributed by atoms with van der Waals surface area (Å²) in [6.07, 6.45) is 0.641. The average Bonchev–Trinajstić information content (AvgIpc) is 3.32. The highest BCUT2D eigenvalue weighted by Gasteiger charge is 2.33. The maximum atomic E-state index is 12.5. The predicted octanol–water partition coefficient (Wildman–Crippen LogP) is 12.5. The minimum absolute atomic E-state index is 0. The van der Waals surface area contributed by atoms with Crippen molar-refractivity contribution in [3.63, 3.8) is 0 Å². The van der Waals surface area contributed by atoms with Gasteiger partial charge in [0.1, 0.15) is 17.5 Å². The number of anilines is 3. The molecule has 0 bridgehead atoms. The lowest BCUT2D eigenvalue weighted by molar-refractivity contribution is -0.138. The van der Waals surface area contributed by atoms with Crippen molar-refractivity contribution in [2.45, 2.75) is 161 Å². The SMILES string of the molecule is C.CC.CC(C)S(=O)(=O)NCC1CCC(Nc2ccc(C(F)(F)F)cn2)CC1.CCO.NCC1CCC(Nc2ccc(C(F)(F)F)cn2)CC1.[N-]=[N+]=NCC1CCC(Nc2ccc(C(F)(F)F)cn2)CC1. The Kier molecular flexibility index (Phi) is 28.8. The molecule has 71 heavy (non-hydrogen) atoms. The topological polar surface area (TPSA) is 216 Å². The first-order valence-electron chi connectivity index (χ1n) is 23.7. The summed E-state index contributed by atoms with van der Waals surface area (Å²) < 4.78 is 138. The number of aliphatic hydroxyl groups excluding tert-OH is 1. The first-order chi connectivity index (χ1) is 33.0. The summed E-state index contributed by atoms with van der Waals surface area (Å²) in [5.41, 5.74) is 11.7. The van der Waals surface area contributed by atoms with Crippen molar-refractivity contribution in [3.05, 3.63) is 82.1 Å². The third-order valence-corrected chi connectivity index (χ3v) is 13.6. The molecular weight excluding hydrogens is 970 g/mol. The van der Waals surface area contributed by atoms with Gasteiger partial charge in [0.25, 0.3) is 0 Å². The summed E-state index contributed by atoms with van der Waals surface area (Å²) in [7, 11) is -3.24. The Balaban J connectivity index is 0.000000509. The van der Waals surface area contributed by atoms with Gasteiger partial charge in [0.2, 0.25) is 10.0 Å². The molecule has 0 aliphatic heterocycles.